The van der Waals surface area contributed by atoms with Gasteiger partial charge in [-0.3, -0.25) is 9.63 Å². The van der Waals surface area contributed by atoms with Crippen molar-refractivity contribution in [3.8, 4) is 0 Å². The Balaban J connectivity index is 1.46. The van der Waals surface area contributed by atoms with Crippen molar-refractivity contribution >= 4 is 5.91 Å². The van der Waals surface area contributed by atoms with Gasteiger partial charge in [0.25, 0.3) is 5.91 Å². The van der Waals surface area contributed by atoms with Crippen molar-refractivity contribution in [2.24, 2.45) is 17.8 Å². The van der Waals surface area contributed by atoms with E-state index < -0.39 is 12.2 Å². The SMILES string of the molecule is CC1CCCC2CC(C(=O)NCC(O)C3CC3)ONC12. The van der Waals surface area contributed by atoms with Gasteiger partial charge in [0.2, 0.25) is 0 Å². The summed E-state index contributed by atoms with van der Waals surface area (Å²) in [4.78, 5) is 17.7. The third kappa shape index (κ3) is 3.15. The third-order valence-electron chi connectivity index (χ3n) is 5.16. The van der Waals surface area contributed by atoms with E-state index in [-0.39, 0.29) is 5.91 Å². The lowest BCUT2D eigenvalue weighted by molar-refractivity contribution is -0.158. The highest BCUT2D eigenvalue weighted by molar-refractivity contribution is 5.80. The zero-order valence-electron chi connectivity index (χ0n) is 12.2. The summed E-state index contributed by atoms with van der Waals surface area (Å²) in [6.45, 7) is 2.60. The second-order valence-electron chi connectivity index (χ2n) is 6.80. The third-order valence-corrected chi connectivity index (χ3v) is 5.16. The minimum atomic E-state index is -0.409. The standard InChI is InChI=1S/C15H26N2O3/c1-9-3-2-4-11-7-13(20-17-14(9)11)15(19)16-8-12(18)10-5-6-10/h9-14,17-18H,2-8H2,1H3,(H,16,19). The molecule has 3 fully saturated rings. The Bertz CT molecular complexity index is 359. The predicted octanol–water partition coefficient (Wildman–Crippen LogP) is 0.972. The highest BCUT2D eigenvalue weighted by Gasteiger charge is 2.39. The van der Waals surface area contributed by atoms with Crippen LogP contribution in [0.15, 0.2) is 0 Å². The lowest BCUT2D eigenvalue weighted by atomic mass is 9.75. The van der Waals surface area contributed by atoms with Crippen molar-refractivity contribution in [2.75, 3.05) is 6.54 Å². The number of nitrogens with one attached hydrogen (secondary N) is 2. The van der Waals surface area contributed by atoms with Crippen molar-refractivity contribution in [3.05, 3.63) is 0 Å². The van der Waals surface area contributed by atoms with Crippen LogP contribution in [0.3, 0.4) is 0 Å². The molecule has 0 bridgehead atoms. The van der Waals surface area contributed by atoms with Gasteiger partial charge in [0.1, 0.15) is 0 Å². The maximum Gasteiger partial charge on any atom is 0.251 e. The Morgan fingerprint density at radius 3 is 2.95 bits per heavy atom. The number of hydrogen-bond donors (Lipinski definition) is 3. The minimum absolute atomic E-state index is 0.0890. The molecule has 2 aliphatic carbocycles. The van der Waals surface area contributed by atoms with E-state index in [1.807, 2.05) is 0 Å². The van der Waals surface area contributed by atoms with Gasteiger partial charge >= 0.3 is 0 Å². The van der Waals surface area contributed by atoms with Crippen LogP contribution in [0.5, 0.6) is 0 Å². The summed E-state index contributed by atoms with van der Waals surface area (Å²) >= 11 is 0. The molecule has 0 aromatic carbocycles. The van der Waals surface area contributed by atoms with Crippen LogP contribution in [0.1, 0.15) is 45.4 Å². The monoisotopic (exact) mass is 282 g/mol. The normalized spacial score (nSPS) is 38.9. The number of carbonyl (C=O) groups excluding carboxylic acids is 1. The van der Waals surface area contributed by atoms with E-state index in [9.17, 15) is 9.90 Å². The Labute approximate surface area is 120 Å². The molecule has 3 N–H and O–H groups in total. The van der Waals surface area contributed by atoms with Gasteiger partial charge in [0.05, 0.1) is 6.10 Å². The smallest absolute Gasteiger partial charge is 0.251 e. The van der Waals surface area contributed by atoms with Crippen molar-refractivity contribution in [2.45, 2.75) is 63.7 Å². The van der Waals surface area contributed by atoms with E-state index in [0.29, 0.717) is 30.3 Å². The van der Waals surface area contributed by atoms with Crippen LogP contribution in [0, 0.1) is 17.8 Å². The zero-order valence-corrected chi connectivity index (χ0v) is 12.2. The van der Waals surface area contributed by atoms with Gasteiger partial charge in [-0.2, -0.15) is 5.48 Å². The molecule has 0 spiro atoms. The summed E-state index contributed by atoms with van der Waals surface area (Å²) in [5.74, 6) is 1.46. The van der Waals surface area contributed by atoms with Gasteiger partial charge in [-0.25, -0.2) is 0 Å². The first-order valence-electron chi connectivity index (χ1n) is 8.02. The second kappa shape index (κ2) is 6.00. The lowest BCUT2D eigenvalue weighted by Crippen LogP contribution is -2.55. The molecule has 3 aliphatic rings. The Morgan fingerprint density at radius 2 is 2.20 bits per heavy atom. The summed E-state index contributed by atoms with van der Waals surface area (Å²) < 4.78 is 0. The number of amides is 1. The van der Waals surface area contributed by atoms with Gasteiger partial charge in [-0.1, -0.05) is 13.3 Å². The van der Waals surface area contributed by atoms with E-state index in [4.69, 9.17) is 4.84 Å². The van der Waals surface area contributed by atoms with Crippen molar-refractivity contribution in [3.63, 3.8) is 0 Å². The quantitative estimate of drug-likeness (QED) is 0.718. The van der Waals surface area contributed by atoms with Crippen LogP contribution in [-0.4, -0.2) is 35.8 Å². The Hall–Kier alpha value is -0.650. The largest absolute Gasteiger partial charge is 0.391 e. The van der Waals surface area contributed by atoms with Crippen LogP contribution in [0.25, 0.3) is 0 Å². The molecule has 3 rings (SSSR count). The molecule has 1 amide bonds. The molecule has 5 nitrogen and oxygen atoms in total. The lowest BCUT2D eigenvalue weighted by Gasteiger charge is -2.42. The molecule has 114 valence electrons. The van der Waals surface area contributed by atoms with Crippen molar-refractivity contribution in [1.82, 2.24) is 10.8 Å². The molecule has 20 heavy (non-hydrogen) atoms. The van der Waals surface area contributed by atoms with Crippen LogP contribution >= 0.6 is 0 Å². The molecule has 0 radical (unpaired) electrons. The fourth-order valence-corrected chi connectivity index (χ4v) is 3.61. The van der Waals surface area contributed by atoms with E-state index >= 15 is 0 Å². The number of fused-ring (bicyclic) bond motifs is 1. The molecule has 2 saturated carbocycles. The molecule has 5 unspecified atom stereocenters. The first kappa shape index (κ1) is 14.3. The van der Waals surface area contributed by atoms with Gasteiger partial charge in [0.15, 0.2) is 6.10 Å². The maximum absolute atomic E-state index is 12.1. The average molecular weight is 282 g/mol. The summed E-state index contributed by atoms with van der Waals surface area (Å²) in [5, 5.41) is 12.6. The topological polar surface area (TPSA) is 70.6 Å². The fraction of sp³-hybridized carbons (Fsp3) is 0.933. The molecule has 0 aromatic rings. The number of rotatable bonds is 4. The van der Waals surface area contributed by atoms with Crippen LogP contribution < -0.4 is 10.8 Å². The Kier molecular flexibility index (Phi) is 4.29. The summed E-state index contributed by atoms with van der Waals surface area (Å²) in [6, 6.07) is 0.393. The van der Waals surface area contributed by atoms with Gasteiger partial charge in [0, 0.05) is 12.6 Å². The number of hydroxylamine groups is 1. The number of carbonyl (C=O) groups is 1. The first-order valence-corrected chi connectivity index (χ1v) is 8.02. The fourth-order valence-electron chi connectivity index (χ4n) is 3.61. The molecule has 1 aliphatic heterocycles. The highest BCUT2D eigenvalue weighted by Crippen LogP contribution is 2.35. The number of aliphatic hydroxyl groups is 1. The minimum Gasteiger partial charge on any atom is -0.391 e. The molecule has 1 saturated heterocycles. The van der Waals surface area contributed by atoms with Crippen molar-refractivity contribution in [1.29, 1.82) is 0 Å². The average Bonchev–Trinajstić information content (AvgIpc) is 3.29. The van der Waals surface area contributed by atoms with Crippen LogP contribution in [0.2, 0.25) is 0 Å². The van der Waals surface area contributed by atoms with E-state index in [2.05, 4.69) is 17.7 Å². The van der Waals surface area contributed by atoms with E-state index in [1.54, 1.807) is 0 Å². The molecular weight excluding hydrogens is 256 g/mol. The summed E-state index contributed by atoms with van der Waals surface area (Å²) in [6.07, 6.45) is 5.83. The molecule has 5 heteroatoms. The van der Waals surface area contributed by atoms with E-state index in [0.717, 1.165) is 19.3 Å². The van der Waals surface area contributed by atoms with Crippen LogP contribution in [-0.2, 0) is 9.63 Å². The first-order chi connectivity index (χ1) is 9.65. The molecule has 5 atom stereocenters. The van der Waals surface area contributed by atoms with Crippen molar-refractivity contribution < 1.29 is 14.7 Å². The highest BCUT2D eigenvalue weighted by atomic mass is 16.7. The number of hydrogen-bond acceptors (Lipinski definition) is 4. The van der Waals surface area contributed by atoms with Gasteiger partial charge in [-0.15, -0.1) is 0 Å². The molecular formula is C15H26N2O3. The van der Waals surface area contributed by atoms with E-state index in [1.165, 1.54) is 19.3 Å². The predicted molar refractivity (Wildman–Crippen MR) is 74.7 cm³/mol. The second-order valence-corrected chi connectivity index (χ2v) is 6.80. The zero-order chi connectivity index (χ0) is 14.1. The summed E-state index contributed by atoms with van der Waals surface area (Å²) in [7, 11) is 0. The van der Waals surface area contributed by atoms with Crippen LogP contribution in [0.4, 0.5) is 0 Å². The number of aliphatic hydroxyl groups excluding tert-OH is 1. The Morgan fingerprint density at radius 1 is 1.40 bits per heavy atom. The van der Waals surface area contributed by atoms with Gasteiger partial charge < -0.3 is 10.4 Å². The maximum atomic E-state index is 12.1. The molecule has 0 aromatic heterocycles. The summed E-state index contributed by atoms with van der Waals surface area (Å²) in [5.41, 5.74) is 3.10. The van der Waals surface area contributed by atoms with Gasteiger partial charge in [-0.05, 0) is 49.9 Å². The molecule has 1 heterocycles.